The number of hydrogen-bond donors (Lipinski definition) is 1. The molecule has 0 saturated heterocycles. The standard InChI is InChI=1S/C13H18IN3O/c1-10(2)4-15-5-11-3-13(18-9-11)8-17-7-12(14)6-16-17/h3,6-7,9-10,15H,4-5,8H2,1-2H3. The topological polar surface area (TPSA) is 43.0 Å². The maximum atomic E-state index is 5.53. The van der Waals surface area contributed by atoms with Crippen LogP contribution in [0.1, 0.15) is 25.2 Å². The van der Waals surface area contributed by atoms with E-state index < -0.39 is 0 Å². The summed E-state index contributed by atoms with van der Waals surface area (Å²) in [5, 5.41) is 7.64. The highest BCUT2D eigenvalue weighted by molar-refractivity contribution is 14.1. The molecule has 5 heteroatoms. The van der Waals surface area contributed by atoms with E-state index in [0.29, 0.717) is 12.5 Å². The molecule has 0 unspecified atom stereocenters. The van der Waals surface area contributed by atoms with Crippen LogP contribution in [0.2, 0.25) is 0 Å². The van der Waals surface area contributed by atoms with Gasteiger partial charge in [0.1, 0.15) is 5.76 Å². The van der Waals surface area contributed by atoms with E-state index in [1.165, 1.54) is 5.56 Å². The van der Waals surface area contributed by atoms with Gasteiger partial charge in [-0.25, -0.2) is 0 Å². The predicted molar refractivity (Wildman–Crippen MR) is 79.3 cm³/mol. The third kappa shape index (κ3) is 4.13. The molecule has 4 nitrogen and oxygen atoms in total. The van der Waals surface area contributed by atoms with Gasteiger partial charge < -0.3 is 9.73 Å². The average molecular weight is 359 g/mol. The normalized spacial score (nSPS) is 11.3. The van der Waals surface area contributed by atoms with Gasteiger partial charge in [-0.3, -0.25) is 4.68 Å². The lowest BCUT2D eigenvalue weighted by Crippen LogP contribution is -2.18. The van der Waals surface area contributed by atoms with Crippen molar-refractivity contribution < 1.29 is 4.42 Å². The zero-order valence-corrected chi connectivity index (χ0v) is 12.8. The molecule has 0 radical (unpaired) electrons. The van der Waals surface area contributed by atoms with Crippen LogP contribution in [0.3, 0.4) is 0 Å². The molecular formula is C13H18IN3O. The van der Waals surface area contributed by atoms with Crippen molar-refractivity contribution in [2.75, 3.05) is 6.54 Å². The van der Waals surface area contributed by atoms with Crippen molar-refractivity contribution in [2.24, 2.45) is 5.92 Å². The van der Waals surface area contributed by atoms with E-state index >= 15 is 0 Å². The van der Waals surface area contributed by atoms with Crippen molar-refractivity contribution in [1.29, 1.82) is 0 Å². The van der Waals surface area contributed by atoms with Gasteiger partial charge in [0, 0.05) is 18.3 Å². The lowest BCUT2D eigenvalue weighted by Gasteiger charge is -2.04. The van der Waals surface area contributed by atoms with Crippen molar-refractivity contribution in [2.45, 2.75) is 26.9 Å². The van der Waals surface area contributed by atoms with E-state index in [9.17, 15) is 0 Å². The molecule has 0 aliphatic rings. The predicted octanol–water partition coefficient (Wildman–Crippen LogP) is 2.87. The maximum absolute atomic E-state index is 5.53. The van der Waals surface area contributed by atoms with E-state index in [-0.39, 0.29) is 0 Å². The number of rotatable bonds is 6. The summed E-state index contributed by atoms with van der Waals surface area (Å²) in [5.41, 5.74) is 1.19. The molecule has 18 heavy (non-hydrogen) atoms. The molecule has 0 amide bonds. The fraction of sp³-hybridized carbons (Fsp3) is 0.462. The number of halogens is 1. The Kier molecular flexibility index (Phi) is 4.82. The Hall–Kier alpha value is -0.820. The third-order valence-electron chi connectivity index (χ3n) is 2.51. The minimum absolute atomic E-state index is 0.669. The van der Waals surface area contributed by atoms with Crippen molar-refractivity contribution >= 4 is 22.6 Å². The molecule has 0 atom stereocenters. The maximum Gasteiger partial charge on any atom is 0.125 e. The molecule has 2 rings (SSSR count). The Labute approximate surface area is 121 Å². The molecule has 0 bridgehead atoms. The highest BCUT2D eigenvalue weighted by Gasteiger charge is 2.04. The van der Waals surface area contributed by atoms with Crippen molar-refractivity contribution in [3.05, 3.63) is 39.6 Å². The van der Waals surface area contributed by atoms with E-state index in [1.54, 1.807) is 0 Å². The summed E-state index contributed by atoms with van der Waals surface area (Å²) >= 11 is 2.25. The highest BCUT2D eigenvalue weighted by Crippen LogP contribution is 2.10. The van der Waals surface area contributed by atoms with Gasteiger partial charge in [-0.1, -0.05) is 13.8 Å². The summed E-state index contributed by atoms with van der Waals surface area (Å²) in [6.45, 7) is 6.98. The quantitative estimate of drug-likeness (QED) is 0.807. The van der Waals surface area contributed by atoms with E-state index in [0.717, 1.165) is 22.4 Å². The summed E-state index contributed by atoms with van der Waals surface area (Å²) in [6, 6.07) is 2.09. The van der Waals surface area contributed by atoms with E-state index in [1.807, 2.05) is 23.3 Å². The molecular weight excluding hydrogens is 341 g/mol. The summed E-state index contributed by atoms with van der Waals surface area (Å²) in [5.74, 6) is 1.61. The molecule has 2 aromatic heterocycles. The Balaban J connectivity index is 1.86. The number of nitrogens with one attached hydrogen (secondary N) is 1. The zero-order chi connectivity index (χ0) is 13.0. The van der Waals surface area contributed by atoms with Gasteiger partial charge >= 0.3 is 0 Å². The van der Waals surface area contributed by atoms with Gasteiger partial charge in [-0.15, -0.1) is 0 Å². The van der Waals surface area contributed by atoms with Crippen LogP contribution >= 0.6 is 22.6 Å². The van der Waals surface area contributed by atoms with Gasteiger partial charge in [0.15, 0.2) is 0 Å². The van der Waals surface area contributed by atoms with Crippen LogP contribution in [-0.4, -0.2) is 16.3 Å². The second-order valence-corrected chi connectivity index (χ2v) is 6.05. The summed E-state index contributed by atoms with van der Waals surface area (Å²) in [6.07, 6.45) is 5.66. The molecule has 0 fully saturated rings. The first-order valence-electron chi connectivity index (χ1n) is 6.08. The van der Waals surface area contributed by atoms with Crippen LogP contribution in [0.4, 0.5) is 0 Å². The number of furan rings is 1. The van der Waals surface area contributed by atoms with Crippen LogP contribution in [-0.2, 0) is 13.1 Å². The minimum Gasteiger partial charge on any atom is -0.467 e. The lowest BCUT2D eigenvalue weighted by molar-refractivity contribution is 0.477. The smallest absolute Gasteiger partial charge is 0.125 e. The molecule has 1 N–H and O–H groups in total. The van der Waals surface area contributed by atoms with Crippen LogP contribution in [0.15, 0.2) is 29.1 Å². The molecule has 0 saturated carbocycles. The van der Waals surface area contributed by atoms with Crippen LogP contribution in [0.5, 0.6) is 0 Å². The molecule has 98 valence electrons. The second kappa shape index (κ2) is 6.38. The number of aromatic nitrogens is 2. The fourth-order valence-electron chi connectivity index (χ4n) is 1.69. The van der Waals surface area contributed by atoms with Crippen molar-refractivity contribution in [3.8, 4) is 0 Å². The first-order valence-corrected chi connectivity index (χ1v) is 7.16. The molecule has 2 heterocycles. The Bertz CT molecular complexity index is 490. The van der Waals surface area contributed by atoms with Crippen molar-refractivity contribution in [1.82, 2.24) is 15.1 Å². The lowest BCUT2D eigenvalue weighted by atomic mass is 10.2. The monoisotopic (exact) mass is 359 g/mol. The Morgan fingerprint density at radius 2 is 2.33 bits per heavy atom. The van der Waals surface area contributed by atoms with Gasteiger partial charge in [-0.05, 0) is 41.1 Å². The first-order chi connectivity index (χ1) is 8.63. The fourth-order valence-corrected chi connectivity index (χ4v) is 2.14. The first kappa shape index (κ1) is 13.6. The molecule has 0 aliphatic carbocycles. The van der Waals surface area contributed by atoms with E-state index in [4.69, 9.17) is 4.42 Å². The Morgan fingerprint density at radius 1 is 1.50 bits per heavy atom. The molecule has 2 aromatic rings. The van der Waals surface area contributed by atoms with Crippen LogP contribution < -0.4 is 5.32 Å². The van der Waals surface area contributed by atoms with Gasteiger partial charge in [0.05, 0.1) is 22.6 Å². The largest absolute Gasteiger partial charge is 0.467 e. The molecule has 0 spiro atoms. The van der Waals surface area contributed by atoms with Gasteiger partial charge in [-0.2, -0.15) is 5.10 Å². The zero-order valence-electron chi connectivity index (χ0n) is 10.7. The average Bonchev–Trinajstić information content (AvgIpc) is 2.89. The van der Waals surface area contributed by atoms with Crippen LogP contribution in [0, 0.1) is 9.49 Å². The highest BCUT2D eigenvalue weighted by atomic mass is 127. The van der Waals surface area contributed by atoms with Crippen molar-refractivity contribution in [3.63, 3.8) is 0 Å². The SMILES string of the molecule is CC(C)CNCc1coc(Cn2cc(I)cn2)c1. The number of hydrogen-bond acceptors (Lipinski definition) is 3. The van der Waals surface area contributed by atoms with E-state index in [2.05, 4.69) is 52.9 Å². The Morgan fingerprint density at radius 3 is 3.00 bits per heavy atom. The summed E-state index contributed by atoms with van der Waals surface area (Å²) in [4.78, 5) is 0. The van der Waals surface area contributed by atoms with Gasteiger partial charge in [0.2, 0.25) is 0 Å². The summed E-state index contributed by atoms with van der Waals surface area (Å²) < 4.78 is 8.55. The van der Waals surface area contributed by atoms with Gasteiger partial charge in [0.25, 0.3) is 0 Å². The summed E-state index contributed by atoms with van der Waals surface area (Å²) in [7, 11) is 0. The minimum atomic E-state index is 0.669. The second-order valence-electron chi connectivity index (χ2n) is 4.80. The van der Waals surface area contributed by atoms with Crippen LogP contribution in [0.25, 0.3) is 0 Å². The number of nitrogens with zero attached hydrogens (tertiary/aromatic N) is 2. The third-order valence-corrected chi connectivity index (χ3v) is 3.07. The molecule has 0 aliphatic heterocycles. The molecule has 0 aromatic carbocycles.